The van der Waals surface area contributed by atoms with E-state index in [1.165, 1.54) is 0 Å². The minimum atomic E-state index is -1.31. The molecule has 194 valence electrons. The molecule has 2 aromatic carbocycles. The summed E-state index contributed by atoms with van der Waals surface area (Å²) in [5.41, 5.74) is 0.328. The lowest BCUT2D eigenvalue weighted by molar-refractivity contribution is -0.170. The molecule has 2 unspecified atom stereocenters. The van der Waals surface area contributed by atoms with Crippen molar-refractivity contribution in [2.45, 2.75) is 61.9 Å². The van der Waals surface area contributed by atoms with E-state index >= 15 is 0 Å². The number of carbonyl (C=O) groups is 2. The summed E-state index contributed by atoms with van der Waals surface area (Å²) in [6.45, 7) is 2.32. The van der Waals surface area contributed by atoms with Gasteiger partial charge in [0.1, 0.15) is 11.9 Å². The average molecular weight is 506 g/mol. The number of likely N-dealkylation sites (N-methyl/N-ethyl adjacent to an activating group) is 1. The number of nitrogens with zero attached hydrogens (tertiary/aromatic N) is 1. The molecule has 2 aliphatic carbocycles. The number of phenols is 1. The molecule has 0 aromatic heterocycles. The van der Waals surface area contributed by atoms with Crippen molar-refractivity contribution >= 4 is 11.8 Å². The number of benzene rings is 2. The first-order valence-corrected chi connectivity index (χ1v) is 12.8. The van der Waals surface area contributed by atoms with Crippen molar-refractivity contribution in [1.82, 2.24) is 4.90 Å². The number of esters is 1. The average Bonchev–Trinajstić information content (AvgIpc) is 3.25. The summed E-state index contributed by atoms with van der Waals surface area (Å²) >= 11 is 0. The lowest BCUT2D eigenvalue weighted by Gasteiger charge is -2.61. The molecule has 2 bridgehead atoms. The predicted octanol–water partition coefficient (Wildman–Crippen LogP) is 2.54. The molecule has 0 radical (unpaired) electrons. The highest BCUT2D eigenvalue weighted by molar-refractivity contribution is 5.88. The van der Waals surface area contributed by atoms with Crippen molar-refractivity contribution in [3.05, 3.63) is 71.0 Å². The fourth-order valence-electron chi connectivity index (χ4n) is 6.97. The van der Waals surface area contributed by atoms with Gasteiger partial charge >= 0.3 is 5.97 Å². The van der Waals surface area contributed by atoms with Gasteiger partial charge in [0.2, 0.25) is 0 Å². The topological polar surface area (TPSA) is 117 Å². The van der Waals surface area contributed by atoms with Crippen molar-refractivity contribution in [2.75, 3.05) is 13.6 Å². The number of phenolic OH excluding ortho intramolecular Hbond substituents is 1. The van der Waals surface area contributed by atoms with Crippen LogP contribution in [0.4, 0.5) is 0 Å². The van der Waals surface area contributed by atoms with Crippen molar-refractivity contribution in [1.29, 1.82) is 0 Å². The Morgan fingerprint density at radius 3 is 2.73 bits per heavy atom. The van der Waals surface area contributed by atoms with Crippen LogP contribution >= 0.6 is 0 Å². The van der Waals surface area contributed by atoms with Gasteiger partial charge in [-0.3, -0.25) is 9.59 Å². The van der Waals surface area contributed by atoms with E-state index in [1.807, 2.05) is 13.1 Å². The second-order valence-electron chi connectivity index (χ2n) is 10.9. The minimum absolute atomic E-state index is 0.00166. The summed E-state index contributed by atoms with van der Waals surface area (Å²) in [5.74, 6) is -1.22. The van der Waals surface area contributed by atoms with E-state index in [2.05, 4.69) is 4.90 Å². The Labute approximate surface area is 215 Å². The molecular formula is C29H31NO7. The molecule has 0 amide bonds. The summed E-state index contributed by atoms with van der Waals surface area (Å²) in [7, 11) is 2.01. The van der Waals surface area contributed by atoms with Gasteiger partial charge in [0.25, 0.3) is 0 Å². The van der Waals surface area contributed by atoms with Gasteiger partial charge in [0.15, 0.2) is 23.4 Å². The number of hydrogen-bond acceptors (Lipinski definition) is 8. The number of carbonyl (C=O) groups excluding carboxylic acids is 2. The van der Waals surface area contributed by atoms with Gasteiger partial charge < -0.3 is 29.7 Å². The van der Waals surface area contributed by atoms with E-state index in [9.17, 15) is 24.9 Å². The highest BCUT2D eigenvalue weighted by Crippen LogP contribution is 2.65. The quantitative estimate of drug-likeness (QED) is 0.513. The number of aliphatic hydroxyl groups excluding tert-OH is 1. The van der Waals surface area contributed by atoms with E-state index in [0.29, 0.717) is 29.9 Å². The molecule has 1 spiro atoms. The molecule has 4 aliphatic rings. The normalized spacial score (nSPS) is 31.0. The Morgan fingerprint density at radius 2 is 1.97 bits per heavy atom. The molecule has 0 saturated carbocycles. The highest BCUT2D eigenvalue weighted by atomic mass is 16.6. The Bertz CT molecular complexity index is 1310. The molecule has 2 heterocycles. The number of ketones is 1. The maximum absolute atomic E-state index is 13.1. The summed E-state index contributed by atoms with van der Waals surface area (Å²) in [6.07, 6.45) is 0.947. The number of aliphatic hydroxyl groups is 2. The van der Waals surface area contributed by atoms with Crippen LogP contribution in [0.2, 0.25) is 0 Å². The van der Waals surface area contributed by atoms with Crippen molar-refractivity contribution in [2.24, 2.45) is 5.92 Å². The standard InChI is InChI=1S/C29H31NO7/c1-16(14-20(32)24(33)17-6-4-3-5-7-17)27(34)36-21-10-11-29(35)22-15-18-8-9-19(31)25-23(18)28(29,26(21)37-25)12-13-30(22)2/h3-10,16,22,24,26,31,33,35H,11-15H2,1-2H3/t16-,22-,24+,26?,28?,29-/m1/s1. The number of hydrogen-bond donors (Lipinski definition) is 3. The molecule has 6 atom stereocenters. The van der Waals surface area contributed by atoms with Gasteiger partial charge in [-0.2, -0.15) is 0 Å². The van der Waals surface area contributed by atoms with E-state index in [4.69, 9.17) is 9.47 Å². The van der Waals surface area contributed by atoms with Crippen LogP contribution in [0.3, 0.4) is 0 Å². The highest BCUT2D eigenvalue weighted by Gasteiger charge is 2.72. The van der Waals surface area contributed by atoms with Crippen molar-refractivity contribution in [3.63, 3.8) is 0 Å². The number of piperidine rings is 1. The molecule has 8 heteroatoms. The third-order valence-electron chi connectivity index (χ3n) is 8.90. The number of Topliss-reactive ketones (excluding diaryl/α,β-unsaturated/α-hetero) is 1. The summed E-state index contributed by atoms with van der Waals surface area (Å²) in [5, 5.41) is 33.2. The van der Waals surface area contributed by atoms with Gasteiger partial charge in [-0.1, -0.05) is 43.3 Å². The van der Waals surface area contributed by atoms with Crippen LogP contribution in [-0.4, -0.2) is 63.3 Å². The van der Waals surface area contributed by atoms with Crippen LogP contribution in [0.25, 0.3) is 0 Å². The fraction of sp³-hybridized carbons (Fsp3) is 0.448. The molecule has 37 heavy (non-hydrogen) atoms. The number of aromatic hydroxyl groups is 1. The van der Waals surface area contributed by atoms with E-state index < -0.39 is 40.9 Å². The van der Waals surface area contributed by atoms with Crippen LogP contribution < -0.4 is 4.74 Å². The molecule has 3 N–H and O–H groups in total. The SMILES string of the molecule is C[C@H](CC(=O)[C@@H](O)c1ccccc1)C(=O)OC1=CC[C@@]2(O)[C@H]3Cc4ccc(O)c5c4C2(CCN3C)C1O5. The Kier molecular flexibility index (Phi) is 5.49. The van der Waals surface area contributed by atoms with Crippen LogP contribution in [0.5, 0.6) is 11.5 Å². The maximum atomic E-state index is 13.1. The molecular weight excluding hydrogens is 474 g/mol. The van der Waals surface area contributed by atoms with Gasteiger partial charge in [-0.05, 0) is 49.7 Å². The number of rotatable bonds is 6. The van der Waals surface area contributed by atoms with Crippen LogP contribution in [0.15, 0.2) is 54.3 Å². The molecule has 1 saturated heterocycles. The third kappa shape index (κ3) is 3.32. The summed E-state index contributed by atoms with van der Waals surface area (Å²) < 4.78 is 12.2. The van der Waals surface area contributed by atoms with Crippen LogP contribution in [0.1, 0.15) is 49.0 Å². The molecule has 2 aliphatic heterocycles. The predicted molar refractivity (Wildman–Crippen MR) is 133 cm³/mol. The summed E-state index contributed by atoms with van der Waals surface area (Å²) in [4.78, 5) is 28.0. The van der Waals surface area contributed by atoms with E-state index in [1.54, 1.807) is 49.4 Å². The Balaban J connectivity index is 1.27. The van der Waals surface area contributed by atoms with Gasteiger partial charge in [-0.15, -0.1) is 0 Å². The molecule has 1 fully saturated rings. The third-order valence-corrected chi connectivity index (χ3v) is 8.90. The van der Waals surface area contributed by atoms with Crippen LogP contribution in [0, 0.1) is 5.92 Å². The zero-order valence-electron chi connectivity index (χ0n) is 20.9. The molecule has 8 nitrogen and oxygen atoms in total. The zero-order valence-corrected chi connectivity index (χ0v) is 20.9. The van der Waals surface area contributed by atoms with E-state index in [-0.39, 0.29) is 24.6 Å². The first kappa shape index (κ1) is 24.2. The van der Waals surface area contributed by atoms with Crippen molar-refractivity contribution < 1.29 is 34.4 Å². The second-order valence-corrected chi connectivity index (χ2v) is 10.9. The lowest BCUT2D eigenvalue weighted by atomic mass is 9.50. The van der Waals surface area contributed by atoms with Crippen LogP contribution in [-0.2, 0) is 26.2 Å². The minimum Gasteiger partial charge on any atom is -0.504 e. The summed E-state index contributed by atoms with van der Waals surface area (Å²) in [6, 6.07) is 12.0. The first-order valence-electron chi connectivity index (χ1n) is 12.8. The van der Waals surface area contributed by atoms with Gasteiger partial charge in [-0.25, -0.2) is 0 Å². The van der Waals surface area contributed by atoms with Gasteiger partial charge in [0.05, 0.1) is 16.9 Å². The lowest BCUT2D eigenvalue weighted by Crippen LogP contribution is -2.74. The van der Waals surface area contributed by atoms with Gasteiger partial charge in [0, 0.05) is 24.4 Å². The fourth-order valence-corrected chi connectivity index (χ4v) is 6.97. The first-order chi connectivity index (χ1) is 17.7. The number of ether oxygens (including phenoxy) is 2. The molecule has 6 rings (SSSR count). The zero-order chi connectivity index (χ0) is 26.1. The largest absolute Gasteiger partial charge is 0.504 e. The van der Waals surface area contributed by atoms with E-state index in [0.717, 1.165) is 17.7 Å². The second kappa shape index (κ2) is 8.41. The Morgan fingerprint density at radius 1 is 1.22 bits per heavy atom. The molecule has 2 aromatic rings. The monoisotopic (exact) mass is 505 g/mol. The van der Waals surface area contributed by atoms with Crippen molar-refractivity contribution in [3.8, 4) is 11.5 Å². The number of likely N-dealkylation sites (tertiary alicyclic amines) is 1. The smallest absolute Gasteiger partial charge is 0.314 e. The Hall–Kier alpha value is -3.20. The maximum Gasteiger partial charge on any atom is 0.314 e.